The monoisotopic (exact) mass is 313 g/mol. The Bertz CT molecular complexity index is 391. The average Bonchev–Trinajstić information content (AvgIpc) is 2.37. The Labute approximate surface area is 115 Å². The second-order valence-corrected chi connectivity index (χ2v) is 6.39. The van der Waals surface area contributed by atoms with Gasteiger partial charge in [0, 0.05) is 27.7 Å². The summed E-state index contributed by atoms with van der Waals surface area (Å²) in [4.78, 5) is 17.2. The Hall–Kier alpha value is -0.350. The highest BCUT2D eigenvalue weighted by Gasteiger charge is 2.20. The van der Waals surface area contributed by atoms with Crippen LogP contribution in [0, 0.1) is 5.92 Å². The summed E-state index contributed by atoms with van der Waals surface area (Å²) in [5.74, 6) is 1.31. The summed E-state index contributed by atoms with van der Waals surface area (Å²) in [5, 5.41) is 0. The molecule has 4 heteroatoms. The van der Waals surface area contributed by atoms with E-state index in [1.165, 1.54) is 19.3 Å². The van der Waals surface area contributed by atoms with Gasteiger partial charge in [-0.2, -0.15) is 0 Å². The molecule has 2 rings (SSSR count). The molecule has 17 heavy (non-hydrogen) atoms. The molecule has 1 aliphatic rings. The number of Topliss-reactive ketones (excluding diaryl/α,β-unsaturated/α-hetero) is 1. The molecule has 0 radical (unpaired) electrons. The molecule has 1 fully saturated rings. The van der Waals surface area contributed by atoms with E-state index < -0.39 is 0 Å². The van der Waals surface area contributed by atoms with Gasteiger partial charge in [-0.1, -0.05) is 19.3 Å². The maximum atomic E-state index is 12.0. The first-order valence-electron chi connectivity index (χ1n) is 6.02. The molecule has 0 unspecified atom stereocenters. The second-order valence-electron chi connectivity index (χ2n) is 4.43. The first-order chi connectivity index (χ1) is 8.25. The van der Waals surface area contributed by atoms with Crippen molar-refractivity contribution in [2.45, 2.75) is 37.0 Å². The predicted octanol–water partition coefficient (Wildman–Crippen LogP) is 4.09. The van der Waals surface area contributed by atoms with E-state index >= 15 is 0 Å². The predicted molar refractivity (Wildman–Crippen MR) is 74.2 cm³/mol. The fourth-order valence-electron chi connectivity index (χ4n) is 2.17. The molecule has 1 aliphatic carbocycles. The number of nitrogens with zero attached hydrogens (tertiary/aromatic N) is 1. The zero-order valence-electron chi connectivity index (χ0n) is 9.69. The summed E-state index contributed by atoms with van der Waals surface area (Å²) >= 11 is 4.98. The van der Waals surface area contributed by atoms with Gasteiger partial charge in [0.2, 0.25) is 0 Å². The van der Waals surface area contributed by atoms with Crippen molar-refractivity contribution < 1.29 is 4.79 Å². The van der Waals surface area contributed by atoms with Crippen LogP contribution in [0.1, 0.15) is 32.1 Å². The molecule has 0 amide bonds. The van der Waals surface area contributed by atoms with Crippen LogP contribution in [0.2, 0.25) is 0 Å². The summed E-state index contributed by atoms with van der Waals surface area (Å²) in [5.41, 5.74) is 0. The molecule has 1 saturated carbocycles. The lowest BCUT2D eigenvalue weighted by Crippen LogP contribution is -2.19. The van der Waals surface area contributed by atoms with Gasteiger partial charge in [0.05, 0.1) is 5.75 Å². The van der Waals surface area contributed by atoms with Crippen LogP contribution in [-0.4, -0.2) is 16.5 Å². The molecule has 0 N–H and O–H groups in total. The minimum absolute atomic E-state index is 0.316. The van der Waals surface area contributed by atoms with Crippen LogP contribution in [0.4, 0.5) is 0 Å². The van der Waals surface area contributed by atoms with Crippen molar-refractivity contribution >= 4 is 33.5 Å². The number of halogens is 1. The normalized spacial score (nSPS) is 17.0. The molecular weight excluding hydrogens is 298 g/mol. The Morgan fingerprint density at radius 3 is 2.82 bits per heavy atom. The van der Waals surface area contributed by atoms with Gasteiger partial charge >= 0.3 is 0 Å². The zero-order chi connectivity index (χ0) is 12.1. The maximum absolute atomic E-state index is 12.0. The lowest BCUT2D eigenvalue weighted by Gasteiger charge is -2.19. The van der Waals surface area contributed by atoms with Crippen molar-refractivity contribution in [3.8, 4) is 0 Å². The zero-order valence-corrected chi connectivity index (χ0v) is 12.1. The summed E-state index contributed by atoms with van der Waals surface area (Å²) in [6, 6.07) is 2.01. The first kappa shape index (κ1) is 13.1. The van der Waals surface area contributed by atoms with E-state index in [1.54, 1.807) is 18.0 Å². The highest BCUT2D eigenvalue weighted by molar-refractivity contribution is 9.10. The second kappa shape index (κ2) is 6.55. The quantitative estimate of drug-likeness (QED) is 0.784. The maximum Gasteiger partial charge on any atom is 0.146 e. The summed E-state index contributed by atoms with van der Waals surface area (Å²) in [7, 11) is 0. The van der Waals surface area contributed by atoms with Crippen LogP contribution in [0.25, 0.3) is 0 Å². The third-order valence-electron chi connectivity index (χ3n) is 3.12. The van der Waals surface area contributed by atoms with Gasteiger partial charge in [-0.05, 0) is 34.8 Å². The number of rotatable bonds is 4. The topological polar surface area (TPSA) is 30.0 Å². The number of hydrogen-bond donors (Lipinski definition) is 0. The Morgan fingerprint density at radius 2 is 2.12 bits per heavy atom. The number of pyridine rings is 1. The summed E-state index contributed by atoms with van der Waals surface area (Å²) in [6.07, 6.45) is 9.49. The van der Waals surface area contributed by atoms with E-state index in [0.29, 0.717) is 17.5 Å². The van der Waals surface area contributed by atoms with E-state index in [1.807, 2.05) is 12.3 Å². The fourth-order valence-corrected chi connectivity index (χ4v) is 3.57. The molecule has 0 saturated heterocycles. The minimum Gasteiger partial charge on any atom is -0.298 e. The van der Waals surface area contributed by atoms with Crippen LogP contribution in [0.3, 0.4) is 0 Å². The summed E-state index contributed by atoms with van der Waals surface area (Å²) < 4.78 is 0.965. The number of aromatic nitrogens is 1. The van der Waals surface area contributed by atoms with Crippen molar-refractivity contribution in [1.29, 1.82) is 0 Å². The first-order valence-corrected chi connectivity index (χ1v) is 7.79. The standard InChI is InChI=1S/C13H16BrNOS/c14-11-6-12(8-15-7-11)17-9-13(16)10-4-2-1-3-5-10/h6-8,10H,1-5,9H2. The fraction of sp³-hybridized carbons (Fsp3) is 0.538. The molecule has 1 heterocycles. The number of carbonyl (C=O) groups excluding carboxylic acids is 1. The van der Waals surface area contributed by atoms with Crippen molar-refractivity contribution in [1.82, 2.24) is 4.98 Å². The molecule has 2 nitrogen and oxygen atoms in total. The largest absolute Gasteiger partial charge is 0.298 e. The van der Waals surface area contributed by atoms with Crippen molar-refractivity contribution in [2.75, 3.05) is 5.75 Å². The number of ketones is 1. The molecule has 0 atom stereocenters. The van der Waals surface area contributed by atoms with E-state index in [2.05, 4.69) is 20.9 Å². The molecule has 1 aromatic rings. The molecular formula is C13H16BrNOS. The van der Waals surface area contributed by atoms with E-state index in [-0.39, 0.29) is 0 Å². The van der Waals surface area contributed by atoms with Gasteiger partial charge in [-0.3, -0.25) is 9.78 Å². The van der Waals surface area contributed by atoms with Crippen molar-refractivity contribution in [3.63, 3.8) is 0 Å². The molecule has 0 spiro atoms. The number of thioether (sulfide) groups is 1. The lowest BCUT2D eigenvalue weighted by molar-refractivity contribution is -0.121. The average molecular weight is 314 g/mol. The van der Waals surface area contributed by atoms with Crippen LogP contribution >= 0.6 is 27.7 Å². The van der Waals surface area contributed by atoms with Gasteiger partial charge in [0.25, 0.3) is 0 Å². The Balaban J connectivity index is 1.83. The third kappa shape index (κ3) is 4.11. The van der Waals surface area contributed by atoms with Gasteiger partial charge < -0.3 is 0 Å². The molecule has 0 aromatic carbocycles. The molecule has 0 bridgehead atoms. The SMILES string of the molecule is O=C(CSc1cncc(Br)c1)C1CCCCC1. The number of hydrogen-bond acceptors (Lipinski definition) is 3. The lowest BCUT2D eigenvalue weighted by atomic mass is 9.87. The molecule has 92 valence electrons. The van der Waals surface area contributed by atoms with Crippen LogP contribution < -0.4 is 0 Å². The highest BCUT2D eigenvalue weighted by atomic mass is 79.9. The van der Waals surface area contributed by atoms with E-state index in [4.69, 9.17) is 0 Å². The number of carbonyl (C=O) groups is 1. The van der Waals surface area contributed by atoms with Crippen molar-refractivity contribution in [2.24, 2.45) is 5.92 Å². The smallest absolute Gasteiger partial charge is 0.146 e. The Kier molecular flexibility index (Phi) is 5.04. The van der Waals surface area contributed by atoms with Gasteiger partial charge in [0.15, 0.2) is 0 Å². The van der Waals surface area contributed by atoms with Crippen LogP contribution in [-0.2, 0) is 4.79 Å². The summed E-state index contributed by atoms with van der Waals surface area (Å²) in [6.45, 7) is 0. The minimum atomic E-state index is 0.316. The van der Waals surface area contributed by atoms with Gasteiger partial charge in [-0.25, -0.2) is 0 Å². The Morgan fingerprint density at radius 1 is 1.35 bits per heavy atom. The third-order valence-corrected chi connectivity index (χ3v) is 4.54. The van der Waals surface area contributed by atoms with Crippen LogP contribution in [0.5, 0.6) is 0 Å². The molecule has 1 aromatic heterocycles. The van der Waals surface area contributed by atoms with Crippen molar-refractivity contribution in [3.05, 3.63) is 22.9 Å². The highest BCUT2D eigenvalue weighted by Crippen LogP contribution is 2.27. The van der Waals surface area contributed by atoms with Gasteiger partial charge in [0.1, 0.15) is 5.78 Å². The molecule has 0 aliphatic heterocycles. The van der Waals surface area contributed by atoms with Crippen LogP contribution in [0.15, 0.2) is 27.8 Å². The van der Waals surface area contributed by atoms with E-state index in [9.17, 15) is 4.79 Å². The van der Waals surface area contributed by atoms with Gasteiger partial charge in [-0.15, -0.1) is 11.8 Å². The van der Waals surface area contributed by atoms with E-state index in [0.717, 1.165) is 22.2 Å².